The molecular weight excluding hydrogens is 206 g/mol. The van der Waals surface area contributed by atoms with Crippen LogP contribution in [0.15, 0.2) is 6.07 Å². The van der Waals surface area contributed by atoms with Crippen LogP contribution in [-0.2, 0) is 24.1 Å². The third-order valence-corrected chi connectivity index (χ3v) is 3.24. The zero-order chi connectivity index (χ0) is 11.3. The summed E-state index contributed by atoms with van der Waals surface area (Å²) in [4.78, 5) is 11.3. The van der Waals surface area contributed by atoms with Crippen LogP contribution in [0, 0.1) is 0 Å². The number of ether oxygens (including phenoxy) is 2. The molecule has 2 N–H and O–H groups in total. The summed E-state index contributed by atoms with van der Waals surface area (Å²) in [5.41, 5.74) is 9.04. The number of rotatable bonds is 1. The number of hydrogen-bond donors (Lipinski definition) is 1. The van der Waals surface area contributed by atoms with Crippen LogP contribution in [-0.4, -0.2) is 19.1 Å². The first kappa shape index (κ1) is 9.66. The second-order valence-corrected chi connectivity index (χ2v) is 4.34. The van der Waals surface area contributed by atoms with Gasteiger partial charge in [-0.2, -0.15) is 0 Å². The Morgan fingerprint density at radius 2 is 2.25 bits per heavy atom. The molecule has 0 fully saturated rings. The lowest BCUT2D eigenvalue weighted by Crippen LogP contribution is -2.19. The highest BCUT2D eigenvalue weighted by atomic mass is 16.5. The van der Waals surface area contributed by atoms with Crippen LogP contribution in [0.3, 0.4) is 0 Å². The largest absolute Gasteiger partial charge is 0.496 e. The smallest absolute Gasteiger partial charge is 0.315 e. The van der Waals surface area contributed by atoms with Crippen LogP contribution in [0.1, 0.15) is 16.7 Å². The Bertz CT molecular complexity index is 482. The van der Waals surface area contributed by atoms with Gasteiger partial charge in [-0.05, 0) is 24.5 Å². The van der Waals surface area contributed by atoms with E-state index in [0.717, 1.165) is 35.3 Å². The lowest BCUT2D eigenvalue weighted by Gasteiger charge is -2.09. The molecule has 1 aliphatic carbocycles. The highest BCUT2D eigenvalue weighted by molar-refractivity contribution is 5.84. The second kappa shape index (κ2) is 3.22. The molecule has 0 radical (unpaired) electrons. The van der Waals surface area contributed by atoms with Crippen molar-refractivity contribution in [2.45, 2.75) is 25.3 Å². The van der Waals surface area contributed by atoms with E-state index in [0.29, 0.717) is 12.2 Å². The predicted molar refractivity (Wildman–Crippen MR) is 57.7 cm³/mol. The van der Waals surface area contributed by atoms with Gasteiger partial charge in [-0.3, -0.25) is 4.79 Å². The Morgan fingerprint density at radius 1 is 1.44 bits per heavy atom. The van der Waals surface area contributed by atoms with Crippen molar-refractivity contribution in [1.82, 2.24) is 0 Å². The highest BCUT2D eigenvalue weighted by Crippen LogP contribution is 2.42. The fraction of sp³-hybridized carbons (Fsp3) is 0.417. The maximum absolute atomic E-state index is 11.3. The van der Waals surface area contributed by atoms with Crippen molar-refractivity contribution < 1.29 is 14.3 Å². The molecule has 0 spiro atoms. The summed E-state index contributed by atoms with van der Waals surface area (Å²) in [5.74, 6) is 1.24. The van der Waals surface area contributed by atoms with Gasteiger partial charge < -0.3 is 15.2 Å². The molecule has 1 aromatic carbocycles. The minimum atomic E-state index is -0.206. The zero-order valence-corrected chi connectivity index (χ0v) is 9.08. The highest BCUT2D eigenvalue weighted by Gasteiger charge is 2.32. The molecule has 16 heavy (non-hydrogen) atoms. The van der Waals surface area contributed by atoms with E-state index in [1.807, 2.05) is 6.07 Å². The van der Waals surface area contributed by atoms with E-state index in [1.54, 1.807) is 7.11 Å². The van der Waals surface area contributed by atoms with Gasteiger partial charge in [0.05, 0.1) is 13.5 Å². The van der Waals surface area contributed by atoms with Crippen LogP contribution in [0.2, 0.25) is 0 Å². The number of carbonyl (C=O) groups excluding carboxylic acids is 1. The van der Waals surface area contributed by atoms with Gasteiger partial charge in [-0.1, -0.05) is 0 Å². The van der Waals surface area contributed by atoms with E-state index in [-0.39, 0.29) is 12.0 Å². The standard InChI is InChI=1S/C12H13NO3/c1-15-10-3-6-2-7(13)4-8(6)12-9(10)5-11(14)16-12/h3,7H,2,4-5,13H2,1H3. The van der Waals surface area contributed by atoms with Crippen molar-refractivity contribution in [1.29, 1.82) is 0 Å². The summed E-state index contributed by atoms with van der Waals surface area (Å²) in [7, 11) is 1.61. The van der Waals surface area contributed by atoms with Gasteiger partial charge in [0.15, 0.2) is 0 Å². The Labute approximate surface area is 93.3 Å². The van der Waals surface area contributed by atoms with Crippen LogP contribution >= 0.6 is 0 Å². The van der Waals surface area contributed by atoms with Crippen LogP contribution in [0.5, 0.6) is 11.5 Å². The van der Waals surface area contributed by atoms with Gasteiger partial charge in [0.25, 0.3) is 0 Å². The Balaban J connectivity index is 2.19. The van der Waals surface area contributed by atoms with Crippen LogP contribution < -0.4 is 15.2 Å². The summed E-state index contributed by atoms with van der Waals surface area (Å²) >= 11 is 0. The van der Waals surface area contributed by atoms with Crippen molar-refractivity contribution in [3.8, 4) is 11.5 Å². The van der Waals surface area contributed by atoms with E-state index < -0.39 is 0 Å². The number of benzene rings is 1. The molecule has 0 saturated heterocycles. The molecule has 0 saturated carbocycles. The summed E-state index contributed by atoms with van der Waals surface area (Å²) in [6.07, 6.45) is 1.92. The first-order valence-corrected chi connectivity index (χ1v) is 5.37. The van der Waals surface area contributed by atoms with Gasteiger partial charge >= 0.3 is 5.97 Å². The SMILES string of the molecule is COc1cc2c(c3c1CC(=O)O3)CC(N)C2. The first-order valence-electron chi connectivity index (χ1n) is 5.37. The van der Waals surface area contributed by atoms with E-state index in [2.05, 4.69) is 0 Å². The number of hydrogen-bond acceptors (Lipinski definition) is 4. The van der Waals surface area contributed by atoms with Crippen molar-refractivity contribution in [3.63, 3.8) is 0 Å². The Hall–Kier alpha value is -1.55. The number of fused-ring (bicyclic) bond motifs is 3. The molecule has 1 aliphatic heterocycles. The van der Waals surface area contributed by atoms with Crippen LogP contribution in [0.25, 0.3) is 0 Å². The number of esters is 1. The van der Waals surface area contributed by atoms with Crippen molar-refractivity contribution in [2.24, 2.45) is 5.73 Å². The zero-order valence-electron chi connectivity index (χ0n) is 9.08. The van der Waals surface area contributed by atoms with Gasteiger partial charge in [-0.15, -0.1) is 0 Å². The third kappa shape index (κ3) is 1.23. The minimum Gasteiger partial charge on any atom is -0.496 e. The maximum atomic E-state index is 11.3. The average molecular weight is 219 g/mol. The Kier molecular flexibility index (Phi) is 1.94. The van der Waals surface area contributed by atoms with Crippen molar-refractivity contribution in [2.75, 3.05) is 7.11 Å². The molecule has 3 rings (SSSR count). The molecule has 84 valence electrons. The topological polar surface area (TPSA) is 61.5 Å². The molecule has 1 heterocycles. The summed E-state index contributed by atoms with van der Waals surface area (Å²) in [6.45, 7) is 0. The normalized spacial score (nSPS) is 21.6. The average Bonchev–Trinajstić information content (AvgIpc) is 2.78. The van der Waals surface area contributed by atoms with Crippen molar-refractivity contribution >= 4 is 5.97 Å². The number of carbonyl (C=O) groups is 1. The van der Waals surface area contributed by atoms with E-state index in [1.165, 1.54) is 0 Å². The minimum absolute atomic E-state index is 0.130. The molecule has 0 amide bonds. The van der Waals surface area contributed by atoms with Crippen LogP contribution in [0.4, 0.5) is 0 Å². The molecule has 2 aliphatic rings. The third-order valence-electron chi connectivity index (χ3n) is 3.24. The monoisotopic (exact) mass is 219 g/mol. The molecule has 0 bridgehead atoms. The van der Waals surface area contributed by atoms with Gasteiger partial charge in [0, 0.05) is 17.2 Å². The molecule has 0 aromatic heterocycles. The van der Waals surface area contributed by atoms with Crippen molar-refractivity contribution in [3.05, 3.63) is 22.8 Å². The van der Waals surface area contributed by atoms with Gasteiger partial charge in [-0.25, -0.2) is 0 Å². The van der Waals surface area contributed by atoms with E-state index in [4.69, 9.17) is 15.2 Å². The van der Waals surface area contributed by atoms with Gasteiger partial charge in [0.1, 0.15) is 11.5 Å². The predicted octanol–water partition coefficient (Wildman–Crippen LogP) is 0.583. The summed E-state index contributed by atoms with van der Waals surface area (Å²) in [5, 5.41) is 0. The number of nitrogens with two attached hydrogens (primary N) is 1. The fourth-order valence-electron chi connectivity index (χ4n) is 2.56. The number of methoxy groups -OCH3 is 1. The summed E-state index contributed by atoms with van der Waals surface area (Å²) in [6, 6.07) is 2.12. The fourth-order valence-corrected chi connectivity index (χ4v) is 2.56. The molecule has 1 unspecified atom stereocenters. The molecule has 4 heteroatoms. The first-order chi connectivity index (χ1) is 7.69. The molecular formula is C12H13NO3. The molecule has 4 nitrogen and oxygen atoms in total. The Morgan fingerprint density at radius 3 is 3.00 bits per heavy atom. The van der Waals surface area contributed by atoms with Gasteiger partial charge in [0.2, 0.25) is 0 Å². The molecule has 1 aromatic rings. The van der Waals surface area contributed by atoms with E-state index >= 15 is 0 Å². The quantitative estimate of drug-likeness (QED) is 0.554. The van der Waals surface area contributed by atoms with E-state index in [9.17, 15) is 4.79 Å². The molecule has 1 atom stereocenters. The summed E-state index contributed by atoms with van der Waals surface area (Å²) < 4.78 is 10.6. The lowest BCUT2D eigenvalue weighted by atomic mass is 10.0. The maximum Gasteiger partial charge on any atom is 0.315 e. The lowest BCUT2D eigenvalue weighted by molar-refractivity contribution is -0.131. The second-order valence-electron chi connectivity index (χ2n) is 4.34.